The molecule has 0 radical (unpaired) electrons. The van der Waals surface area contributed by atoms with Gasteiger partial charge >= 0.3 is 0 Å². The number of halogens is 2. The Bertz CT molecular complexity index is 1560. The molecule has 0 unspecified atom stereocenters. The average molecular weight is 601 g/mol. The lowest BCUT2D eigenvalue weighted by Crippen LogP contribution is -2.48. The van der Waals surface area contributed by atoms with Crippen LogP contribution in [0.15, 0.2) is 64.6 Å². The maximum Gasteiger partial charge on any atom is 0.157 e. The van der Waals surface area contributed by atoms with Crippen LogP contribution in [-0.4, -0.2) is 37.0 Å². The summed E-state index contributed by atoms with van der Waals surface area (Å²) in [5.74, 6) is 1.03. The van der Waals surface area contributed by atoms with Gasteiger partial charge in [0.25, 0.3) is 0 Å². The van der Waals surface area contributed by atoms with Crippen LogP contribution in [-0.2, 0) is 17.4 Å². The minimum atomic E-state index is -1.14. The van der Waals surface area contributed by atoms with Gasteiger partial charge in [-0.2, -0.15) is 0 Å². The molecular weight excluding hydrogens is 569 g/mol. The Balaban J connectivity index is 1.20. The Morgan fingerprint density at radius 2 is 1.90 bits per heavy atom. The van der Waals surface area contributed by atoms with Gasteiger partial charge in [0.2, 0.25) is 0 Å². The number of fused-ring (bicyclic) bond motifs is 2. The van der Waals surface area contributed by atoms with E-state index in [2.05, 4.69) is 49.9 Å². The van der Waals surface area contributed by atoms with Gasteiger partial charge in [0, 0.05) is 24.1 Å². The molecule has 2 aliphatic rings. The van der Waals surface area contributed by atoms with Gasteiger partial charge in [-0.25, -0.2) is 18.9 Å². The lowest BCUT2D eigenvalue weighted by molar-refractivity contribution is 0.177. The number of rotatable bonds is 5. The Morgan fingerprint density at radius 3 is 2.67 bits per heavy atom. The molecule has 2 N–H and O–H groups in total. The van der Waals surface area contributed by atoms with E-state index in [0.717, 1.165) is 59.3 Å². The van der Waals surface area contributed by atoms with Crippen molar-refractivity contribution in [3.05, 3.63) is 75.9 Å². The lowest BCUT2D eigenvalue weighted by atomic mass is 9.73. The second-order valence-electron chi connectivity index (χ2n) is 11.4. The van der Waals surface area contributed by atoms with Crippen molar-refractivity contribution in [1.29, 1.82) is 0 Å². The van der Waals surface area contributed by atoms with E-state index in [0.29, 0.717) is 10.0 Å². The Kier molecular flexibility index (Phi) is 7.21. The first-order chi connectivity index (χ1) is 18.6. The number of nitrogens with zero attached hydrogens (tertiary/aromatic N) is 3. The summed E-state index contributed by atoms with van der Waals surface area (Å²) in [7, 11) is -1.14. The summed E-state index contributed by atoms with van der Waals surface area (Å²) in [6.45, 7) is 7.88. The fourth-order valence-corrected chi connectivity index (χ4v) is 7.92. The maximum atomic E-state index is 13.2. The predicted molar refractivity (Wildman–Crippen MR) is 162 cm³/mol. The van der Waals surface area contributed by atoms with Gasteiger partial charge in [0.1, 0.15) is 16.4 Å². The van der Waals surface area contributed by atoms with Crippen LogP contribution in [0.25, 0.3) is 11.2 Å². The molecule has 39 heavy (non-hydrogen) atoms. The van der Waals surface area contributed by atoms with E-state index < -0.39 is 11.0 Å². The summed E-state index contributed by atoms with van der Waals surface area (Å²) in [6.07, 6.45) is 4.78. The molecule has 4 aromatic rings. The number of hydrogen-bond donors (Lipinski definition) is 2. The molecule has 0 bridgehead atoms. The van der Waals surface area contributed by atoms with Crippen molar-refractivity contribution >= 4 is 62.9 Å². The Labute approximate surface area is 245 Å². The number of piperidine rings is 1. The highest BCUT2D eigenvalue weighted by Gasteiger charge is 2.48. The zero-order valence-electron chi connectivity index (χ0n) is 22.1. The highest BCUT2D eigenvalue weighted by molar-refractivity contribution is 7.99. The van der Waals surface area contributed by atoms with E-state index in [1.807, 2.05) is 32.9 Å². The average Bonchev–Trinajstić information content (AvgIpc) is 3.46. The van der Waals surface area contributed by atoms with Crippen LogP contribution in [0.3, 0.4) is 0 Å². The molecule has 1 saturated heterocycles. The van der Waals surface area contributed by atoms with Crippen molar-refractivity contribution in [2.24, 2.45) is 5.41 Å². The Morgan fingerprint density at radius 1 is 1.13 bits per heavy atom. The SMILES string of the molecule is CC(C)(C)[S@@](=O)N[C@@H]1c2ccccc2CC12CCN(c1cc3nc(Sc4cccc(Cl)c4Cl)cnc3[nH]1)CC2. The molecule has 1 aliphatic heterocycles. The van der Waals surface area contributed by atoms with E-state index in [1.54, 1.807) is 12.3 Å². The third-order valence-electron chi connectivity index (χ3n) is 7.83. The van der Waals surface area contributed by atoms with E-state index in [9.17, 15) is 4.21 Å². The van der Waals surface area contributed by atoms with E-state index >= 15 is 0 Å². The summed E-state index contributed by atoms with van der Waals surface area (Å²) >= 11 is 14.0. The molecule has 3 heterocycles. The number of aromatic nitrogens is 3. The molecule has 0 saturated carbocycles. The highest BCUT2D eigenvalue weighted by Crippen LogP contribution is 2.52. The van der Waals surface area contributed by atoms with Crippen molar-refractivity contribution in [1.82, 2.24) is 19.7 Å². The van der Waals surface area contributed by atoms with Crippen molar-refractivity contribution in [3.8, 4) is 0 Å². The van der Waals surface area contributed by atoms with Gasteiger partial charge in [-0.05, 0) is 68.7 Å². The van der Waals surface area contributed by atoms with E-state index in [1.165, 1.54) is 22.9 Å². The van der Waals surface area contributed by atoms with Gasteiger partial charge in [0.05, 0.1) is 38.0 Å². The van der Waals surface area contributed by atoms with E-state index in [-0.39, 0.29) is 16.2 Å². The Hall–Kier alpha value is -2.10. The summed E-state index contributed by atoms with van der Waals surface area (Å²) in [5, 5.41) is 1.81. The second kappa shape index (κ2) is 10.4. The zero-order chi connectivity index (χ0) is 27.4. The number of hydrogen-bond acceptors (Lipinski definition) is 5. The van der Waals surface area contributed by atoms with Gasteiger partial charge in [0.15, 0.2) is 5.65 Å². The van der Waals surface area contributed by atoms with Crippen LogP contribution in [0.5, 0.6) is 0 Å². The summed E-state index contributed by atoms with van der Waals surface area (Å²) < 4.78 is 16.4. The molecule has 1 aliphatic carbocycles. The monoisotopic (exact) mass is 599 g/mol. The number of anilines is 1. The van der Waals surface area contributed by atoms with Gasteiger partial charge in [-0.3, -0.25) is 0 Å². The van der Waals surface area contributed by atoms with Crippen LogP contribution in [0.4, 0.5) is 5.82 Å². The first-order valence-electron chi connectivity index (χ1n) is 13.1. The van der Waals surface area contributed by atoms with Crippen LogP contribution in [0.2, 0.25) is 10.0 Å². The van der Waals surface area contributed by atoms with Crippen molar-refractivity contribution in [2.45, 2.75) is 60.7 Å². The molecule has 10 heteroatoms. The third-order valence-corrected chi connectivity index (χ3v) is 11.3. The molecule has 2 atom stereocenters. The molecule has 1 fully saturated rings. The third kappa shape index (κ3) is 5.22. The van der Waals surface area contributed by atoms with Crippen LogP contribution >= 0.6 is 35.0 Å². The first-order valence-corrected chi connectivity index (χ1v) is 15.8. The molecule has 0 amide bonds. The number of aromatic amines is 1. The van der Waals surface area contributed by atoms with Gasteiger partial charge < -0.3 is 9.88 Å². The van der Waals surface area contributed by atoms with Gasteiger partial charge in [-0.1, -0.05) is 65.3 Å². The fourth-order valence-electron chi connectivity index (χ4n) is 5.68. The standard InChI is InChI=1S/C29H31Cl2N5OS2/c1-28(2,3)39(37)35-26-19-8-5-4-7-18(19)16-29(26)11-13-36(14-12-29)23-15-21-27(34-23)32-17-24(33-21)38-22-10-6-9-20(30)25(22)31/h4-10,15,17,26,35H,11-14,16H2,1-3H3,(H,32,34)/t26-,39-/m1/s1. The maximum absolute atomic E-state index is 13.2. The van der Waals surface area contributed by atoms with Gasteiger partial charge in [-0.15, -0.1) is 0 Å². The first kappa shape index (κ1) is 27.1. The normalized spacial score (nSPS) is 19.5. The second-order valence-corrected chi connectivity index (χ2v) is 15.3. The van der Waals surface area contributed by atoms with Crippen molar-refractivity contribution in [2.75, 3.05) is 18.0 Å². The fraction of sp³-hybridized carbons (Fsp3) is 0.379. The minimum Gasteiger partial charge on any atom is -0.358 e. The number of nitrogens with one attached hydrogen (secondary N) is 2. The quantitative estimate of drug-likeness (QED) is 0.251. The topological polar surface area (TPSA) is 73.9 Å². The van der Waals surface area contributed by atoms with Crippen LogP contribution < -0.4 is 9.62 Å². The number of benzene rings is 2. The van der Waals surface area contributed by atoms with Crippen LogP contribution in [0.1, 0.15) is 50.8 Å². The highest BCUT2D eigenvalue weighted by atomic mass is 35.5. The van der Waals surface area contributed by atoms with E-state index in [4.69, 9.17) is 28.2 Å². The summed E-state index contributed by atoms with van der Waals surface area (Å²) in [6, 6.07) is 16.4. The van der Waals surface area contributed by atoms with Crippen molar-refractivity contribution < 1.29 is 4.21 Å². The molecular formula is C29H31Cl2N5OS2. The lowest BCUT2D eigenvalue weighted by Gasteiger charge is -2.44. The smallest absolute Gasteiger partial charge is 0.157 e. The largest absolute Gasteiger partial charge is 0.358 e. The molecule has 6 nitrogen and oxygen atoms in total. The minimum absolute atomic E-state index is 0.0453. The molecule has 6 rings (SSSR count). The summed E-state index contributed by atoms with van der Waals surface area (Å²) in [5.41, 5.74) is 4.30. The van der Waals surface area contributed by atoms with Crippen LogP contribution in [0, 0.1) is 5.41 Å². The predicted octanol–water partition coefficient (Wildman–Crippen LogP) is 7.35. The van der Waals surface area contributed by atoms with Crippen molar-refractivity contribution in [3.63, 3.8) is 0 Å². The molecule has 2 aromatic heterocycles. The molecule has 1 spiro atoms. The summed E-state index contributed by atoms with van der Waals surface area (Å²) in [4.78, 5) is 16.1. The molecule has 2 aromatic carbocycles. The number of H-pyrrole nitrogens is 1. The zero-order valence-corrected chi connectivity index (χ0v) is 25.3. The molecule has 204 valence electrons.